The van der Waals surface area contributed by atoms with Crippen LogP contribution in [0, 0.1) is 0 Å². The molecular formula is C15H13ClN2O3S. The molecule has 0 N–H and O–H groups in total. The van der Waals surface area contributed by atoms with Crippen LogP contribution in [0.15, 0.2) is 47.5 Å². The highest BCUT2D eigenvalue weighted by Crippen LogP contribution is 2.23. The highest BCUT2D eigenvalue weighted by molar-refractivity contribution is 7.92. The van der Waals surface area contributed by atoms with E-state index < -0.39 is 21.5 Å². The summed E-state index contributed by atoms with van der Waals surface area (Å²) in [4.78, 5) is 17.6. The van der Waals surface area contributed by atoms with E-state index >= 15 is 0 Å². The van der Waals surface area contributed by atoms with Crippen molar-refractivity contribution in [1.29, 1.82) is 0 Å². The zero-order valence-corrected chi connectivity index (χ0v) is 13.1. The maximum Gasteiger partial charge on any atom is 0.238 e. The third kappa shape index (κ3) is 2.98. The van der Waals surface area contributed by atoms with Gasteiger partial charge in [0.2, 0.25) is 15.7 Å². The van der Waals surface area contributed by atoms with Crippen molar-refractivity contribution >= 4 is 27.3 Å². The van der Waals surface area contributed by atoms with Crippen LogP contribution in [-0.4, -0.2) is 30.0 Å². The minimum Gasteiger partial charge on any atom is -0.333 e. The Balaban J connectivity index is 1.75. The fraction of sp³-hybridized carbons (Fsp3) is 0.200. The second-order valence-corrected chi connectivity index (χ2v) is 7.40. The van der Waals surface area contributed by atoms with Gasteiger partial charge in [-0.15, -0.1) is 0 Å². The monoisotopic (exact) mass is 336 g/mol. The lowest BCUT2D eigenvalue weighted by atomic mass is 10.1. The molecule has 0 radical (unpaired) electrons. The molecule has 2 heterocycles. The number of benzene rings is 1. The largest absolute Gasteiger partial charge is 0.333 e. The third-order valence-corrected chi connectivity index (χ3v) is 5.22. The Kier molecular flexibility index (Phi) is 3.88. The minimum absolute atomic E-state index is 0.0853. The fourth-order valence-electron chi connectivity index (χ4n) is 2.40. The second-order valence-electron chi connectivity index (χ2n) is 5.08. The lowest BCUT2D eigenvalue weighted by Gasteiger charge is -2.15. The van der Waals surface area contributed by atoms with Gasteiger partial charge in [-0.1, -0.05) is 41.9 Å². The van der Waals surface area contributed by atoms with Crippen molar-refractivity contribution in [3.63, 3.8) is 0 Å². The van der Waals surface area contributed by atoms with Crippen molar-refractivity contribution in [2.45, 2.75) is 18.1 Å². The maximum atomic E-state index is 12.3. The van der Waals surface area contributed by atoms with Gasteiger partial charge in [0.05, 0.1) is 0 Å². The number of carbonyl (C=O) groups is 1. The van der Waals surface area contributed by atoms with Crippen molar-refractivity contribution < 1.29 is 13.2 Å². The predicted octanol–water partition coefficient (Wildman–Crippen LogP) is 2.05. The van der Waals surface area contributed by atoms with E-state index in [1.54, 1.807) is 0 Å². The molecule has 0 fully saturated rings. The highest BCUT2D eigenvalue weighted by Gasteiger charge is 2.28. The number of carbonyl (C=O) groups excluding carboxylic acids is 1. The topological polar surface area (TPSA) is 67.3 Å². The molecule has 1 aromatic carbocycles. The first-order valence-corrected chi connectivity index (χ1v) is 8.68. The molecule has 1 aliphatic rings. The number of hydrogen-bond donors (Lipinski definition) is 0. The summed E-state index contributed by atoms with van der Waals surface area (Å²) in [5.41, 5.74) is 2.10. The van der Waals surface area contributed by atoms with Crippen LogP contribution in [0.4, 0.5) is 0 Å². The molecule has 0 saturated carbocycles. The first-order valence-electron chi connectivity index (χ1n) is 6.65. The Hall–Kier alpha value is -1.92. The molecule has 0 aliphatic carbocycles. The second kappa shape index (κ2) is 5.70. The van der Waals surface area contributed by atoms with Crippen LogP contribution in [0.1, 0.15) is 11.1 Å². The van der Waals surface area contributed by atoms with Crippen LogP contribution in [0.5, 0.6) is 0 Å². The molecule has 5 nitrogen and oxygen atoms in total. The number of rotatable bonds is 3. The van der Waals surface area contributed by atoms with E-state index in [1.165, 1.54) is 23.1 Å². The Labute approximate surface area is 133 Å². The maximum absolute atomic E-state index is 12.3. The smallest absolute Gasteiger partial charge is 0.238 e. The van der Waals surface area contributed by atoms with Crippen molar-refractivity contribution in [2.75, 3.05) is 5.75 Å². The van der Waals surface area contributed by atoms with Gasteiger partial charge in [-0.2, -0.15) is 0 Å². The van der Waals surface area contributed by atoms with Crippen molar-refractivity contribution in [1.82, 2.24) is 9.88 Å². The van der Waals surface area contributed by atoms with Gasteiger partial charge >= 0.3 is 0 Å². The average molecular weight is 337 g/mol. The number of nitrogens with zero attached hydrogens (tertiary/aromatic N) is 2. The van der Waals surface area contributed by atoms with Gasteiger partial charge in [0, 0.05) is 13.1 Å². The van der Waals surface area contributed by atoms with Gasteiger partial charge in [-0.25, -0.2) is 13.4 Å². The SMILES string of the molecule is O=C(CS(=O)(=O)c1cccc(Cl)n1)N1Cc2ccccc2C1. The van der Waals surface area contributed by atoms with Crippen LogP contribution in [0.2, 0.25) is 5.15 Å². The van der Waals surface area contributed by atoms with Gasteiger partial charge < -0.3 is 4.90 Å². The molecule has 1 aromatic heterocycles. The van der Waals surface area contributed by atoms with E-state index in [1.807, 2.05) is 24.3 Å². The molecule has 114 valence electrons. The summed E-state index contributed by atoms with van der Waals surface area (Å²) in [5, 5.41) is -0.0906. The molecule has 22 heavy (non-hydrogen) atoms. The number of aromatic nitrogens is 1. The normalized spacial score (nSPS) is 14.0. The van der Waals surface area contributed by atoms with E-state index in [9.17, 15) is 13.2 Å². The zero-order chi connectivity index (χ0) is 15.7. The molecule has 0 unspecified atom stereocenters. The Morgan fingerprint density at radius 1 is 1.09 bits per heavy atom. The van der Waals surface area contributed by atoms with Gasteiger partial charge in [-0.05, 0) is 23.3 Å². The van der Waals surface area contributed by atoms with Crippen LogP contribution in [-0.2, 0) is 27.7 Å². The quantitative estimate of drug-likeness (QED) is 0.804. The van der Waals surface area contributed by atoms with Crippen LogP contribution in [0.25, 0.3) is 0 Å². The number of pyridine rings is 1. The van der Waals surface area contributed by atoms with Crippen LogP contribution >= 0.6 is 11.6 Å². The number of sulfone groups is 1. The summed E-state index contributed by atoms with van der Waals surface area (Å²) in [6.07, 6.45) is 0. The third-order valence-electron chi connectivity index (χ3n) is 3.52. The number of halogens is 1. The molecule has 0 spiro atoms. The molecule has 2 aromatic rings. The summed E-state index contributed by atoms with van der Waals surface area (Å²) in [6.45, 7) is 0.876. The van der Waals surface area contributed by atoms with Crippen molar-refractivity contribution in [2.24, 2.45) is 0 Å². The zero-order valence-electron chi connectivity index (χ0n) is 11.6. The predicted molar refractivity (Wildman–Crippen MR) is 82.0 cm³/mol. The van der Waals surface area contributed by atoms with E-state index in [0.717, 1.165) is 11.1 Å². The standard InChI is InChI=1S/C15H13ClN2O3S/c16-13-6-3-7-14(17-13)22(20,21)10-15(19)18-8-11-4-1-2-5-12(11)9-18/h1-7H,8-10H2. The van der Waals surface area contributed by atoms with Gasteiger partial charge in [0.15, 0.2) is 5.03 Å². The summed E-state index contributed by atoms with van der Waals surface area (Å²) < 4.78 is 24.5. The van der Waals surface area contributed by atoms with E-state index in [4.69, 9.17) is 11.6 Å². The van der Waals surface area contributed by atoms with E-state index in [-0.39, 0.29) is 10.2 Å². The van der Waals surface area contributed by atoms with Crippen LogP contribution < -0.4 is 0 Å². The van der Waals surface area contributed by atoms with Crippen LogP contribution in [0.3, 0.4) is 0 Å². The van der Waals surface area contributed by atoms with Crippen molar-refractivity contribution in [3.8, 4) is 0 Å². The first-order chi connectivity index (χ1) is 10.5. The lowest BCUT2D eigenvalue weighted by molar-refractivity contribution is -0.129. The molecule has 0 bridgehead atoms. The summed E-state index contributed by atoms with van der Waals surface area (Å²) >= 11 is 5.70. The highest BCUT2D eigenvalue weighted by atomic mass is 35.5. The van der Waals surface area contributed by atoms with Gasteiger partial charge in [0.1, 0.15) is 10.9 Å². The number of amides is 1. The summed E-state index contributed by atoms with van der Waals surface area (Å²) in [6, 6.07) is 12.0. The Morgan fingerprint density at radius 3 is 2.32 bits per heavy atom. The average Bonchev–Trinajstić information content (AvgIpc) is 2.91. The van der Waals surface area contributed by atoms with Gasteiger partial charge in [0.25, 0.3) is 0 Å². The Bertz CT molecular complexity index is 811. The summed E-state index contributed by atoms with van der Waals surface area (Å²) in [7, 11) is -3.79. The van der Waals surface area contributed by atoms with E-state index in [2.05, 4.69) is 4.98 Å². The number of fused-ring (bicyclic) bond motifs is 1. The fourth-order valence-corrected chi connectivity index (χ4v) is 3.79. The molecular weight excluding hydrogens is 324 g/mol. The molecule has 1 amide bonds. The molecule has 0 saturated heterocycles. The summed E-state index contributed by atoms with van der Waals surface area (Å²) in [5.74, 6) is -1.04. The van der Waals surface area contributed by atoms with E-state index in [0.29, 0.717) is 13.1 Å². The molecule has 1 aliphatic heterocycles. The Morgan fingerprint density at radius 2 is 1.73 bits per heavy atom. The molecule has 3 rings (SSSR count). The number of hydrogen-bond acceptors (Lipinski definition) is 4. The first kappa shape index (κ1) is 15.0. The van der Waals surface area contributed by atoms with Gasteiger partial charge in [-0.3, -0.25) is 4.79 Å². The van der Waals surface area contributed by atoms with Crippen molar-refractivity contribution in [3.05, 3.63) is 58.7 Å². The molecule has 0 atom stereocenters. The lowest BCUT2D eigenvalue weighted by Crippen LogP contribution is -2.31. The molecule has 7 heteroatoms. The minimum atomic E-state index is -3.79.